The van der Waals surface area contributed by atoms with Crippen molar-refractivity contribution in [3.63, 3.8) is 0 Å². The molecule has 1 aliphatic heterocycles. The number of esters is 2. The number of nitrogens with one attached hydrogen (secondary N) is 1. The summed E-state index contributed by atoms with van der Waals surface area (Å²) >= 11 is 0. The average molecular weight is 369 g/mol. The van der Waals surface area contributed by atoms with Crippen molar-refractivity contribution in [2.75, 3.05) is 6.54 Å². The van der Waals surface area contributed by atoms with Crippen molar-refractivity contribution in [3.05, 3.63) is 28.3 Å². The maximum Gasteiger partial charge on any atom is 0.347 e. The van der Waals surface area contributed by atoms with Gasteiger partial charge in [-0.05, 0) is 56.9 Å². The molecule has 2 rings (SSSR count). The third-order valence-electron chi connectivity index (χ3n) is 4.37. The molecule has 0 spiro atoms. The molecule has 0 aromatic heterocycles. The molecule has 0 amide bonds. The molecule has 1 aromatic carbocycles. The molecule has 1 saturated heterocycles. The quantitative estimate of drug-likeness (QED) is 0.789. The van der Waals surface area contributed by atoms with E-state index in [9.17, 15) is 18.0 Å². The zero-order chi connectivity index (χ0) is 18.9. The van der Waals surface area contributed by atoms with Crippen molar-refractivity contribution in [3.8, 4) is 0 Å². The number of rotatable bonds is 5. The van der Waals surface area contributed by atoms with Gasteiger partial charge < -0.3 is 9.47 Å². The van der Waals surface area contributed by atoms with Crippen molar-refractivity contribution in [1.82, 2.24) is 4.72 Å². The Morgan fingerprint density at radius 3 is 2.28 bits per heavy atom. The van der Waals surface area contributed by atoms with Crippen LogP contribution in [0.4, 0.5) is 0 Å². The van der Waals surface area contributed by atoms with Crippen molar-refractivity contribution in [2.45, 2.75) is 58.1 Å². The molecule has 1 aliphatic rings. The Morgan fingerprint density at radius 1 is 1.24 bits per heavy atom. The molecule has 7 nitrogen and oxygen atoms in total. The molecule has 1 N–H and O–H groups in total. The molecule has 0 bridgehead atoms. The van der Waals surface area contributed by atoms with Crippen LogP contribution in [0.25, 0.3) is 0 Å². The van der Waals surface area contributed by atoms with Crippen molar-refractivity contribution in [2.24, 2.45) is 0 Å². The zero-order valence-electron chi connectivity index (χ0n) is 15.0. The van der Waals surface area contributed by atoms with Gasteiger partial charge in [-0.25, -0.2) is 13.2 Å². The summed E-state index contributed by atoms with van der Waals surface area (Å²) in [5, 5.41) is 0. The number of benzene rings is 1. The van der Waals surface area contributed by atoms with E-state index in [0.717, 1.165) is 11.1 Å². The van der Waals surface area contributed by atoms with Crippen molar-refractivity contribution < 1.29 is 27.5 Å². The molecule has 25 heavy (non-hydrogen) atoms. The van der Waals surface area contributed by atoms with Crippen LogP contribution in [-0.4, -0.2) is 39.1 Å². The lowest BCUT2D eigenvalue weighted by atomic mass is 10.0. The lowest BCUT2D eigenvalue weighted by Gasteiger charge is -2.16. The third kappa shape index (κ3) is 4.19. The summed E-state index contributed by atoms with van der Waals surface area (Å²) in [7, 11) is -3.89. The highest BCUT2D eigenvalue weighted by Gasteiger charge is 2.35. The van der Waals surface area contributed by atoms with Crippen LogP contribution in [-0.2, 0) is 29.1 Å². The van der Waals surface area contributed by atoms with Crippen LogP contribution in [0.5, 0.6) is 0 Å². The number of hydrogen-bond acceptors (Lipinski definition) is 6. The number of aryl methyl sites for hydroxylation is 2. The van der Waals surface area contributed by atoms with Gasteiger partial charge in [0, 0.05) is 6.42 Å². The highest BCUT2D eigenvalue weighted by Crippen LogP contribution is 2.25. The Bertz CT molecular complexity index is 789. The predicted molar refractivity (Wildman–Crippen MR) is 90.6 cm³/mol. The highest BCUT2D eigenvalue weighted by atomic mass is 32.2. The van der Waals surface area contributed by atoms with E-state index in [-0.39, 0.29) is 17.4 Å². The maximum atomic E-state index is 12.6. The maximum absolute atomic E-state index is 12.6. The number of hydrogen-bond donors (Lipinski definition) is 1. The molecule has 138 valence electrons. The van der Waals surface area contributed by atoms with Gasteiger partial charge in [0.05, 0.1) is 4.90 Å². The van der Waals surface area contributed by atoms with Crippen LogP contribution in [0.3, 0.4) is 0 Å². The van der Waals surface area contributed by atoms with E-state index in [1.807, 2.05) is 19.9 Å². The number of cyclic esters (lactones) is 1. The van der Waals surface area contributed by atoms with Crippen LogP contribution < -0.4 is 4.72 Å². The minimum atomic E-state index is -3.89. The second-order valence-corrected chi connectivity index (χ2v) is 8.08. The van der Waals surface area contributed by atoms with Gasteiger partial charge in [-0.1, -0.05) is 6.07 Å². The molecule has 0 saturated carbocycles. The lowest BCUT2D eigenvalue weighted by molar-refractivity contribution is -0.160. The summed E-state index contributed by atoms with van der Waals surface area (Å²) in [6.07, 6.45) is -1.02. The van der Waals surface area contributed by atoms with E-state index in [4.69, 9.17) is 9.47 Å². The van der Waals surface area contributed by atoms with Gasteiger partial charge in [-0.15, -0.1) is 0 Å². The summed E-state index contributed by atoms with van der Waals surface area (Å²) in [5.74, 6) is -1.43. The largest absolute Gasteiger partial charge is 0.460 e. The van der Waals surface area contributed by atoms with Crippen molar-refractivity contribution in [1.29, 1.82) is 0 Å². The first-order chi connectivity index (χ1) is 11.5. The Labute approximate surface area is 147 Å². The molecule has 0 radical (unpaired) electrons. The zero-order valence-corrected chi connectivity index (χ0v) is 15.8. The molecule has 0 aliphatic carbocycles. The minimum Gasteiger partial charge on any atom is -0.460 e. The normalized spacial score (nSPS) is 20.4. The molecule has 8 heteroatoms. The van der Waals surface area contributed by atoms with Crippen LogP contribution in [0.15, 0.2) is 11.0 Å². The molecule has 0 unspecified atom stereocenters. The summed E-state index contributed by atoms with van der Waals surface area (Å²) in [6, 6.07) is 1.92. The molecular weight excluding hydrogens is 346 g/mol. The summed E-state index contributed by atoms with van der Waals surface area (Å²) in [5.41, 5.74) is 2.98. The fourth-order valence-corrected chi connectivity index (χ4v) is 4.41. The summed E-state index contributed by atoms with van der Waals surface area (Å²) < 4.78 is 37.4. The SMILES string of the molecule is Cc1cc(C)c(C)c(S(=O)(=O)NCC(=O)O[C@@H]2C[C@@H](C)OC2=O)c1C. The van der Waals surface area contributed by atoms with Gasteiger partial charge in [0.15, 0.2) is 0 Å². The first-order valence-corrected chi connectivity index (χ1v) is 9.48. The van der Waals surface area contributed by atoms with Gasteiger partial charge in [0.25, 0.3) is 0 Å². The fraction of sp³-hybridized carbons (Fsp3) is 0.529. The third-order valence-corrected chi connectivity index (χ3v) is 6.05. The first kappa shape index (κ1) is 19.4. The van der Waals surface area contributed by atoms with Crippen LogP contribution >= 0.6 is 0 Å². The van der Waals surface area contributed by atoms with E-state index >= 15 is 0 Å². The van der Waals surface area contributed by atoms with Gasteiger partial charge in [0.2, 0.25) is 16.1 Å². The lowest BCUT2D eigenvalue weighted by Crippen LogP contribution is -2.34. The second kappa shape index (κ2) is 7.13. The van der Waals surface area contributed by atoms with E-state index in [1.165, 1.54) is 0 Å². The van der Waals surface area contributed by atoms with E-state index in [2.05, 4.69) is 4.72 Å². The molecule has 2 atom stereocenters. The minimum absolute atomic E-state index is 0.173. The summed E-state index contributed by atoms with van der Waals surface area (Å²) in [6.45, 7) is 8.27. The average Bonchev–Trinajstić information content (AvgIpc) is 2.81. The number of sulfonamides is 1. The van der Waals surface area contributed by atoms with Gasteiger partial charge in [-0.3, -0.25) is 4.79 Å². The number of carbonyl (C=O) groups is 2. The van der Waals surface area contributed by atoms with Crippen LogP contribution in [0.2, 0.25) is 0 Å². The van der Waals surface area contributed by atoms with E-state index < -0.39 is 34.6 Å². The molecule has 1 fully saturated rings. The Balaban J connectivity index is 2.10. The number of ether oxygens (including phenoxy) is 2. The van der Waals surface area contributed by atoms with E-state index in [0.29, 0.717) is 11.1 Å². The Hall–Kier alpha value is -1.93. The second-order valence-electron chi connectivity index (χ2n) is 6.38. The first-order valence-electron chi connectivity index (χ1n) is 8.00. The number of carbonyl (C=O) groups excluding carboxylic acids is 2. The topological polar surface area (TPSA) is 98.8 Å². The van der Waals surface area contributed by atoms with Gasteiger partial charge in [0.1, 0.15) is 12.6 Å². The van der Waals surface area contributed by atoms with Gasteiger partial charge >= 0.3 is 11.9 Å². The monoisotopic (exact) mass is 369 g/mol. The molecular formula is C17H23NO6S. The molecule has 1 aromatic rings. The smallest absolute Gasteiger partial charge is 0.347 e. The highest BCUT2D eigenvalue weighted by molar-refractivity contribution is 7.89. The predicted octanol–water partition coefficient (Wildman–Crippen LogP) is 1.45. The Morgan fingerprint density at radius 2 is 1.80 bits per heavy atom. The van der Waals surface area contributed by atoms with E-state index in [1.54, 1.807) is 20.8 Å². The van der Waals surface area contributed by atoms with Crippen molar-refractivity contribution >= 4 is 22.0 Å². The summed E-state index contributed by atoms with van der Waals surface area (Å²) in [4.78, 5) is 23.5. The van der Waals surface area contributed by atoms with Crippen LogP contribution in [0, 0.1) is 27.7 Å². The fourth-order valence-electron chi connectivity index (χ4n) is 2.83. The van der Waals surface area contributed by atoms with Gasteiger partial charge in [-0.2, -0.15) is 4.72 Å². The Kier molecular flexibility index (Phi) is 5.53. The standard InChI is InChI=1S/C17H23NO6S/c1-9-6-10(2)13(5)16(12(9)4)25(21,22)18-8-15(19)24-14-7-11(3)23-17(14)20/h6,11,14,18H,7-8H2,1-5H3/t11-,14-/m1/s1. The molecule has 1 heterocycles. The van der Waals surface area contributed by atoms with Crippen LogP contribution in [0.1, 0.15) is 35.6 Å².